The second-order valence-corrected chi connectivity index (χ2v) is 4.00. The highest BCUT2D eigenvalue weighted by molar-refractivity contribution is 7.57. The molecule has 0 aliphatic carbocycles. The number of hydrogen-bond donors (Lipinski definition) is 1. The van der Waals surface area contributed by atoms with E-state index in [9.17, 15) is 4.57 Å². The van der Waals surface area contributed by atoms with E-state index in [0.29, 0.717) is 0 Å². The maximum Gasteiger partial charge on any atom is 0.229 e. The molecule has 0 rings (SSSR count). The molecule has 38 valence electrons. The van der Waals surface area contributed by atoms with Crippen molar-refractivity contribution in [3.63, 3.8) is 0 Å². The molecule has 0 saturated heterocycles. The van der Waals surface area contributed by atoms with Gasteiger partial charge in [0.2, 0.25) is 7.37 Å². The maximum atomic E-state index is 10.1. The zero-order valence-electron chi connectivity index (χ0n) is 3.71. The molecule has 0 aromatic carbocycles. The summed E-state index contributed by atoms with van der Waals surface area (Å²) in [6, 6.07) is 0. The van der Waals surface area contributed by atoms with Crippen LogP contribution in [0.5, 0.6) is 0 Å². The molecule has 6 heavy (non-hydrogen) atoms. The Morgan fingerprint density at radius 1 is 1.67 bits per heavy atom. The normalized spacial score (nSPS) is 11.8. The van der Waals surface area contributed by atoms with Gasteiger partial charge in [-0.25, -0.2) is 5.26 Å². The van der Waals surface area contributed by atoms with E-state index < -0.39 is 7.37 Å². The molecule has 0 aliphatic rings. The van der Waals surface area contributed by atoms with Gasteiger partial charge in [0, 0.05) is 13.3 Å². The van der Waals surface area contributed by atoms with Crippen molar-refractivity contribution in [2.75, 3.05) is 13.3 Å². The Hall–Kier alpha value is 0.150. The van der Waals surface area contributed by atoms with Crippen molar-refractivity contribution in [3.05, 3.63) is 0 Å². The third kappa shape index (κ3) is 4.15. The van der Waals surface area contributed by atoms with Crippen LogP contribution in [0.2, 0.25) is 0 Å². The molecule has 0 aliphatic heterocycles. The summed E-state index contributed by atoms with van der Waals surface area (Å²) in [6.45, 7) is 2.65. The Bertz CT molecular complexity index is 72.9. The van der Waals surface area contributed by atoms with Crippen LogP contribution in [-0.4, -0.2) is 18.6 Å². The summed E-state index contributed by atoms with van der Waals surface area (Å²) in [4.78, 5) is 0. The molecule has 3 nitrogen and oxygen atoms in total. The third-order valence-electron chi connectivity index (χ3n) is 0.197. The Morgan fingerprint density at radius 3 is 1.83 bits per heavy atom. The summed E-state index contributed by atoms with van der Waals surface area (Å²) in [6.07, 6.45) is 0. The van der Waals surface area contributed by atoms with E-state index in [1.54, 1.807) is 0 Å². The first-order valence-corrected chi connectivity index (χ1v) is 3.96. The van der Waals surface area contributed by atoms with Gasteiger partial charge in [-0.1, -0.05) is 0 Å². The van der Waals surface area contributed by atoms with Crippen LogP contribution in [0.3, 0.4) is 0 Å². The third-order valence-corrected chi connectivity index (χ3v) is 0.590. The Morgan fingerprint density at radius 2 is 1.83 bits per heavy atom. The lowest BCUT2D eigenvalue weighted by atomic mass is 11.9. The molecular formula is C2H7O3P. The van der Waals surface area contributed by atoms with Crippen LogP contribution in [0.15, 0.2) is 0 Å². The van der Waals surface area contributed by atoms with E-state index in [4.69, 9.17) is 5.26 Å². The minimum atomic E-state index is -2.59. The van der Waals surface area contributed by atoms with Gasteiger partial charge in [0.15, 0.2) is 0 Å². The summed E-state index contributed by atoms with van der Waals surface area (Å²) >= 11 is 0. The van der Waals surface area contributed by atoms with Gasteiger partial charge in [-0.2, -0.15) is 4.67 Å². The van der Waals surface area contributed by atoms with Crippen molar-refractivity contribution >= 4 is 7.37 Å². The van der Waals surface area contributed by atoms with Gasteiger partial charge < -0.3 is 0 Å². The van der Waals surface area contributed by atoms with Crippen LogP contribution < -0.4 is 0 Å². The zero-order valence-corrected chi connectivity index (χ0v) is 4.61. The van der Waals surface area contributed by atoms with Crippen LogP contribution in [0.1, 0.15) is 0 Å². The molecule has 0 saturated carbocycles. The molecule has 0 heterocycles. The Balaban J connectivity index is 3.48. The quantitative estimate of drug-likeness (QED) is 0.311. The predicted molar refractivity (Wildman–Crippen MR) is 23.2 cm³/mol. The molecule has 0 unspecified atom stereocenters. The summed E-state index contributed by atoms with van der Waals surface area (Å²) < 4.78 is 13.6. The van der Waals surface area contributed by atoms with Crippen molar-refractivity contribution in [2.45, 2.75) is 0 Å². The minimum Gasteiger partial charge on any atom is -0.291 e. The van der Waals surface area contributed by atoms with E-state index >= 15 is 0 Å². The lowest BCUT2D eigenvalue weighted by molar-refractivity contribution is -0.133. The SMILES string of the molecule is CP(C)(=O)OO. The summed E-state index contributed by atoms with van der Waals surface area (Å²) in [7, 11) is -2.59. The molecule has 0 aromatic rings. The van der Waals surface area contributed by atoms with E-state index in [-0.39, 0.29) is 0 Å². The molecule has 0 radical (unpaired) electrons. The fourth-order valence-electron chi connectivity index (χ4n) is 0. The Kier molecular flexibility index (Phi) is 1.78. The summed E-state index contributed by atoms with van der Waals surface area (Å²) in [5, 5.41) is 7.64. The monoisotopic (exact) mass is 110 g/mol. The molecule has 1 N–H and O–H groups in total. The second kappa shape index (κ2) is 1.73. The molecule has 0 atom stereocenters. The van der Waals surface area contributed by atoms with Crippen molar-refractivity contribution in [3.8, 4) is 0 Å². The van der Waals surface area contributed by atoms with Gasteiger partial charge in [0.05, 0.1) is 0 Å². The zero-order chi connectivity index (χ0) is 5.21. The predicted octanol–water partition coefficient (Wildman–Crippen LogP) is 1.01. The Labute approximate surface area is 36.3 Å². The van der Waals surface area contributed by atoms with E-state index in [1.165, 1.54) is 13.3 Å². The number of hydrogen-bond acceptors (Lipinski definition) is 3. The summed E-state index contributed by atoms with van der Waals surface area (Å²) in [5.41, 5.74) is 0. The van der Waals surface area contributed by atoms with E-state index in [2.05, 4.69) is 4.67 Å². The fraction of sp³-hybridized carbons (Fsp3) is 1.00. The lowest BCUT2D eigenvalue weighted by Gasteiger charge is -1.94. The van der Waals surface area contributed by atoms with Crippen molar-refractivity contribution in [1.82, 2.24) is 0 Å². The molecule has 0 bridgehead atoms. The van der Waals surface area contributed by atoms with Gasteiger partial charge in [0.1, 0.15) is 0 Å². The smallest absolute Gasteiger partial charge is 0.229 e. The van der Waals surface area contributed by atoms with Gasteiger partial charge in [-0.15, -0.1) is 0 Å². The van der Waals surface area contributed by atoms with E-state index in [0.717, 1.165) is 0 Å². The molecular weight excluding hydrogens is 103 g/mol. The van der Waals surface area contributed by atoms with Crippen molar-refractivity contribution in [1.29, 1.82) is 0 Å². The van der Waals surface area contributed by atoms with Gasteiger partial charge in [-0.05, 0) is 0 Å². The maximum absolute atomic E-state index is 10.1. The van der Waals surface area contributed by atoms with Gasteiger partial charge >= 0.3 is 0 Å². The molecule has 0 spiro atoms. The van der Waals surface area contributed by atoms with Crippen molar-refractivity contribution < 1.29 is 14.5 Å². The van der Waals surface area contributed by atoms with Crippen LogP contribution in [0, 0.1) is 0 Å². The topological polar surface area (TPSA) is 46.5 Å². The largest absolute Gasteiger partial charge is 0.291 e. The number of rotatable bonds is 1. The average molecular weight is 110 g/mol. The van der Waals surface area contributed by atoms with Crippen LogP contribution in [0.25, 0.3) is 0 Å². The van der Waals surface area contributed by atoms with Gasteiger partial charge in [0.25, 0.3) is 0 Å². The van der Waals surface area contributed by atoms with E-state index in [1.807, 2.05) is 0 Å². The first-order chi connectivity index (χ1) is 2.56. The summed E-state index contributed by atoms with van der Waals surface area (Å²) in [5.74, 6) is 0. The lowest BCUT2D eigenvalue weighted by Crippen LogP contribution is -1.75. The first-order valence-electron chi connectivity index (χ1n) is 1.44. The second-order valence-electron chi connectivity index (χ2n) is 1.33. The standard InChI is InChI=1S/C2H7O3P/c1-6(2,4)5-3/h3H,1-2H3. The van der Waals surface area contributed by atoms with Crippen LogP contribution >= 0.6 is 7.37 Å². The molecule has 0 fully saturated rings. The minimum absolute atomic E-state index is 1.33. The average Bonchev–Trinajstić information content (AvgIpc) is 1.35. The van der Waals surface area contributed by atoms with Gasteiger partial charge in [-0.3, -0.25) is 4.57 Å². The van der Waals surface area contributed by atoms with Crippen molar-refractivity contribution in [2.24, 2.45) is 0 Å². The highest BCUT2D eigenvalue weighted by atomic mass is 31.2. The first kappa shape index (κ1) is 6.15. The molecule has 4 heteroatoms. The van der Waals surface area contributed by atoms with Crippen LogP contribution in [-0.2, 0) is 9.24 Å². The highest BCUT2D eigenvalue weighted by Crippen LogP contribution is 2.34. The molecule has 0 amide bonds. The fourth-order valence-corrected chi connectivity index (χ4v) is 0. The molecule has 0 aromatic heterocycles. The highest BCUT2D eigenvalue weighted by Gasteiger charge is 2.02. The van der Waals surface area contributed by atoms with Crippen LogP contribution in [0.4, 0.5) is 0 Å².